The highest BCUT2D eigenvalue weighted by atomic mass is 15.2. The topological polar surface area (TPSA) is 6.48 Å². The average molecular weight is 1020 g/mol. The third kappa shape index (κ3) is 9.20. The van der Waals surface area contributed by atoms with Gasteiger partial charge in [-0.1, -0.05) is 157 Å². The maximum absolute atomic E-state index is 5.77. The average Bonchev–Trinajstić information content (AvgIpc) is 4.10. The lowest BCUT2D eigenvalue weighted by Gasteiger charge is -2.67. The van der Waals surface area contributed by atoms with Crippen LogP contribution in [0, 0.1) is 75.9 Å². The third-order valence-electron chi connectivity index (χ3n) is 26.9. The van der Waals surface area contributed by atoms with E-state index in [1.807, 2.05) is 11.1 Å². The van der Waals surface area contributed by atoms with Crippen molar-refractivity contribution in [1.29, 1.82) is 0 Å². The second kappa shape index (κ2) is 23.4. The van der Waals surface area contributed by atoms with Gasteiger partial charge in [0.1, 0.15) is 0 Å². The van der Waals surface area contributed by atoms with Crippen LogP contribution < -0.4 is 0 Å². The molecule has 0 bridgehead atoms. The van der Waals surface area contributed by atoms with E-state index in [9.17, 15) is 0 Å². The molecule has 0 heterocycles. The highest BCUT2D eigenvalue weighted by Gasteiger charge is 2.73. The van der Waals surface area contributed by atoms with Gasteiger partial charge < -0.3 is 0 Å². The van der Waals surface area contributed by atoms with Gasteiger partial charge in [0.2, 0.25) is 0 Å². The summed E-state index contributed by atoms with van der Waals surface area (Å²) >= 11 is 0. The molecule has 0 aliphatic heterocycles. The number of rotatable bonds is 15. The van der Waals surface area contributed by atoms with Crippen LogP contribution in [0.25, 0.3) is 0 Å². The maximum atomic E-state index is 5.77. The van der Waals surface area contributed by atoms with Crippen molar-refractivity contribution >= 4 is 0 Å². The van der Waals surface area contributed by atoms with Gasteiger partial charge in [-0.2, -0.15) is 0 Å². The van der Waals surface area contributed by atoms with E-state index >= 15 is 0 Å². The standard InChI is InChI=1S/C73H114N2/c1-7-10-35-59-50(4)72(51(5)60(59)36-11-8-2)66-46-44-58(75(56-33-17-14-18-34-56)71-43-26-30-54-28-20-22-39-63(54)71)49-69(66)73(52(6)61(37-12-9-3)64-40-23-24-41-65(64)73)67-47-45-57(48-68(67)72)74(55-31-15-13-16-32-55)70-42-25-29-53-27-19-21-38-62(53)70/h7,9,13,15,50,52-53,55-62,64-65,67-68,70-71H,1,3,5,8,10-12,14,16-49H2,2,4,6H3. The first kappa shape index (κ1) is 54.0. The zero-order chi connectivity index (χ0) is 51.3. The Bertz CT molecular complexity index is 2090. The first-order chi connectivity index (χ1) is 36.9. The molecule has 0 radical (unpaired) electrons. The molecule has 2 spiro atoms. The van der Waals surface area contributed by atoms with Crippen molar-refractivity contribution in [3.05, 3.63) is 71.9 Å². The van der Waals surface area contributed by atoms with E-state index in [-0.39, 0.29) is 5.41 Å². The Morgan fingerprint density at radius 2 is 1.32 bits per heavy atom. The van der Waals surface area contributed by atoms with Crippen molar-refractivity contribution in [3.63, 3.8) is 0 Å². The van der Waals surface area contributed by atoms with Crippen LogP contribution >= 0.6 is 0 Å². The molecule has 75 heavy (non-hydrogen) atoms. The van der Waals surface area contributed by atoms with Gasteiger partial charge in [-0.3, -0.25) is 9.80 Å². The summed E-state index contributed by atoms with van der Waals surface area (Å²) in [7, 11) is 0. The highest BCUT2D eigenvalue weighted by Crippen LogP contribution is 2.80. The molecule has 0 aromatic carbocycles. The Morgan fingerprint density at radius 3 is 2.12 bits per heavy atom. The largest absolute Gasteiger partial charge is 0.294 e. The van der Waals surface area contributed by atoms with Gasteiger partial charge in [-0.25, -0.2) is 0 Å². The number of hydrogen-bond acceptors (Lipinski definition) is 2. The summed E-state index contributed by atoms with van der Waals surface area (Å²) in [5.41, 5.74) is 10.5. The fourth-order valence-corrected chi connectivity index (χ4v) is 24.4. The third-order valence-corrected chi connectivity index (χ3v) is 26.9. The van der Waals surface area contributed by atoms with Gasteiger partial charge in [0.05, 0.1) is 0 Å². The molecule has 0 amide bonds. The minimum absolute atomic E-state index is 0.139. The van der Waals surface area contributed by atoms with Crippen molar-refractivity contribution in [2.75, 3.05) is 0 Å². The lowest BCUT2D eigenvalue weighted by molar-refractivity contribution is -0.105. The van der Waals surface area contributed by atoms with Crippen molar-refractivity contribution < 1.29 is 0 Å². The molecule has 0 aromatic heterocycles. The Hall–Kier alpha value is -1.64. The summed E-state index contributed by atoms with van der Waals surface area (Å²) in [5, 5.41) is 0. The van der Waals surface area contributed by atoms with Crippen LogP contribution in [0.3, 0.4) is 0 Å². The molecule has 2 nitrogen and oxygen atoms in total. The molecule has 0 aromatic rings. The molecule has 12 rings (SSSR count). The van der Waals surface area contributed by atoms with Crippen LogP contribution in [-0.4, -0.2) is 46.1 Å². The molecule has 12 aliphatic carbocycles. The number of allylic oxidation sites excluding steroid dienone is 6. The summed E-state index contributed by atoms with van der Waals surface area (Å²) in [6.45, 7) is 23.0. The Balaban J connectivity index is 1.05. The molecule has 18 unspecified atom stereocenters. The number of nitrogens with zero attached hydrogens (tertiary/aromatic N) is 2. The lowest BCUT2D eigenvalue weighted by atomic mass is 9.38. The molecule has 416 valence electrons. The second-order valence-corrected chi connectivity index (χ2v) is 29.4. The molecule has 18 atom stereocenters. The van der Waals surface area contributed by atoms with E-state index < -0.39 is 0 Å². The predicted molar refractivity (Wildman–Crippen MR) is 319 cm³/mol. The summed E-state index contributed by atoms with van der Waals surface area (Å²) < 4.78 is 0. The van der Waals surface area contributed by atoms with E-state index in [0.717, 1.165) is 83.5 Å². The molecule has 0 saturated heterocycles. The monoisotopic (exact) mass is 1020 g/mol. The quantitative estimate of drug-likeness (QED) is 0.151. The minimum Gasteiger partial charge on any atom is -0.294 e. The van der Waals surface area contributed by atoms with Crippen molar-refractivity contribution in [2.24, 2.45) is 75.9 Å². The highest BCUT2D eigenvalue weighted by molar-refractivity contribution is 5.49. The SMILES string of the molecule is C=CCCC1C(CCCC)C(=C)C2(C3=C(CC(N(C4CCCCC4)C4CCCC5=C4CCCC5)CC3)C3(C(C)C(CCC=C)C4CCCCC43)C3CCC(N(C4CC=CCC4)C4CCCC5CCCCC54)CC32)C1C. The van der Waals surface area contributed by atoms with Gasteiger partial charge in [-0.05, 0) is 238 Å². The predicted octanol–water partition coefficient (Wildman–Crippen LogP) is 20.1. The van der Waals surface area contributed by atoms with Crippen molar-refractivity contribution in [1.82, 2.24) is 9.80 Å². The van der Waals surface area contributed by atoms with Crippen LogP contribution in [0.15, 0.2) is 71.9 Å². The molecule has 0 N–H and O–H groups in total. The fourth-order valence-electron chi connectivity index (χ4n) is 24.4. The van der Waals surface area contributed by atoms with E-state index in [1.165, 1.54) is 250 Å². The van der Waals surface area contributed by atoms with Gasteiger partial charge in [-0.15, -0.1) is 13.2 Å². The number of unbranched alkanes of at least 4 members (excludes halogenated alkanes) is 1. The molecule has 7 saturated carbocycles. The van der Waals surface area contributed by atoms with Gasteiger partial charge >= 0.3 is 0 Å². The molecule has 2 heteroatoms. The van der Waals surface area contributed by atoms with Crippen LogP contribution in [0.2, 0.25) is 0 Å². The van der Waals surface area contributed by atoms with E-state index in [4.69, 9.17) is 6.58 Å². The Morgan fingerprint density at radius 1 is 0.573 bits per heavy atom. The smallest absolute Gasteiger partial charge is 0.0316 e. The minimum atomic E-state index is 0.139. The van der Waals surface area contributed by atoms with Crippen molar-refractivity contribution in [3.8, 4) is 0 Å². The zero-order valence-corrected chi connectivity index (χ0v) is 49.2. The number of fused-ring (bicyclic) bond motifs is 8. The van der Waals surface area contributed by atoms with Gasteiger partial charge in [0, 0.05) is 47.1 Å². The van der Waals surface area contributed by atoms with Crippen molar-refractivity contribution in [2.45, 2.75) is 307 Å². The summed E-state index contributed by atoms with van der Waals surface area (Å²) in [4.78, 5) is 6.88. The fraction of sp³-hybridized carbons (Fsp3) is 0.836. The summed E-state index contributed by atoms with van der Waals surface area (Å²) in [5.74, 6) is 8.86. The van der Waals surface area contributed by atoms with Crippen LogP contribution in [0.5, 0.6) is 0 Å². The van der Waals surface area contributed by atoms with Gasteiger partial charge in [0.15, 0.2) is 0 Å². The van der Waals surface area contributed by atoms with E-state index in [1.54, 1.807) is 5.57 Å². The number of hydrogen-bond donors (Lipinski definition) is 0. The molecule has 7 fully saturated rings. The zero-order valence-electron chi connectivity index (χ0n) is 49.2. The van der Waals surface area contributed by atoms with E-state index in [2.05, 4.69) is 79.2 Å². The Labute approximate surface area is 462 Å². The second-order valence-electron chi connectivity index (χ2n) is 29.4. The Kier molecular flexibility index (Phi) is 16.9. The first-order valence-electron chi connectivity index (χ1n) is 34.4. The summed E-state index contributed by atoms with van der Waals surface area (Å²) in [6, 6.07) is 4.49. The lowest BCUT2D eigenvalue weighted by Crippen LogP contribution is -2.63. The molecular formula is C73H114N2. The normalized spacial score (nSPS) is 44.2. The molecule has 12 aliphatic rings. The maximum Gasteiger partial charge on any atom is 0.0316 e. The van der Waals surface area contributed by atoms with Gasteiger partial charge in [0.25, 0.3) is 0 Å². The summed E-state index contributed by atoms with van der Waals surface area (Å²) in [6.07, 6.45) is 65.4. The first-order valence-corrected chi connectivity index (χ1v) is 34.4. The van der Waals surface area contributed by atoms with Crippen LogP contribution in [-0.2, 0) is 0 Å². The van der Waals surface area contributed by atoms with Crippen LogP contribution in [0.1, 0.15) is 271 Å². The van der Waals surface area contributed by atoms with E-state index in [0.29, 0.717) is 23.3 Å². The molecular weight excluding hydrogens is 905 g/mol. The van der Waals surface area contributed by atoms with Crippen LogP contribution in [0.4, 0.5) is 0 Å².